The Morgan fingerprint density at radius 3 is 2.38 bits per heavy atom. The second-order valence-corrected chi connectivity index (χ2v) is 3.83. The molecule has 0 N–H and O–H groups in total. The van der Waals surface area contributed by atoms with Crippen molar-refractivity contribution in [2.24, 2.45) is 0 Å². The zero-order chi connectivity index (χ0) is 11.4. The lowest BCUT2D eigenvalue weighted by Crippen LogP contribution is -1.92. The van der Waals surface area contributed by atoms with Crippen molar-refractivity contribution < 1.29 is 4.74 Å². The first-order valence-electron chi connectivity index (χ1n) is 4.71. The van der Waals surface area contributed by atoms with Gasteiger partial charge in [0, 0.05) is 5.56 Å². The standard InChI is InChI=1S/C11H11N3OS/c1-15-9-5-3-8(4-6-9)10-7-12-11(16-2)14-13-10/h3-7H,1-2H3. The van der Waals surface area contributed by atoms with Gasteiger partial charge in [-0.25, -0.2) is 4.98 Å². The summed E-state index contributed by atoms with van der Waals surface area (Å²) in [6.45, 7) is 0. The molecule has 2 rings (SSSR count). The second kappa shape index (κ2) is 4.94. The van der Waals surface area contributed by atoms with Crippen molar-refractivity contribution in [3.8, 4) is 17.0 Å². The lowest BCUT2D eigenvalue weighted by atomic mass is 10.2. The lowest BCUT2D eigenvalue weighted by molar-refractivity contribution is 0.415. The summed E-state index contributed by atoms with van der Waals surface area (Å²) in [5.74, 6) is 0.824. The first-order valence-corrected chi connectivity index (χ1v) is 5.94. The minimum atomic E-state index is 0.678. The maximum atomic E-state index is 5.09. The average Bonchev–Trinajstić information content (AvgIpc) is 2.39. The van der Waals surface area contributed by atoms with Crippen molar-refractivity contribution >= 4 is 11.8 Å². The van der Waals surface area contributed by atoms with E-state index in [-0.39, 0.29) is 0 Å². The highest BCUT2D eigenvalue weighted by molar-refractivity contribution is 7.98. The monoisotopic (exact) mass is 233 g/mol. The fraction of sp³-hybridized carbons (Fsp3) is 0.182. The van der Waals surface area contributed by atoms with Gasteiger partial charge in [-0.05, 0) is 30.5 Å². The molecule has 4 nitrogen and oxygen atoms in total. The fourth-order valence-corrected chi connectivity index (χ4v) is 1.53. The van der Waals surface area contributed by atoms with Gasteiger partial charge in [0.05, 0.1) is 13.3 Å². The van der Waals surface area contributed by atoms with Crippen LogP contribution in [0.15, 0.2) is 35.6 Å². The topological polar surface area (TPSA) is 47.9 Å². The number of aromatic nitrogens is 3. The summed E-state index contributed by atoms with van der Waals surface area (Å²) in [7, 11) is 1.64. The van der Waals surface area contributed by atoms with E-state index in [1.807, 2.05) is 30.5 Å². The van der Waals surface area contributed by atoms with Crippen LogP contribution in [0.2, 0.25) is 0 Å². The van der Waals surface area contributed by atoms with E-state index < -0.39 is 0 Å². The molecule has 0 aliphatic heterocycles. The van der Waals surface area contributed by atoms with E-state index in [4.69, 9.17) is 4.74 Å². The summed E-state index contributed by atoms with van der Waals surface area (Å²) >= 11 is 1.47. The van der Waals surface area contributed by atoms with Crippen LogP contribution < -0.4 is 4.74 Å². The van der Waals surface area contributed by atoms with Crippen molar-refractivity contribution in [2.75, 3.05) is 13.4 Å². The zero-order valence-corrected chi connectivity index (χ0v) is 9.86. The molecule has 0 bridgehead atoms. The molecule has 0 unspecified atom stereocenters. The summed E-state index contributed by atoms with van der Waals surface area (Å²) in [6.07, 6.45) is 3.64. The molecule has 0 saturated carbocycles. The smallest absolute Gasteiger partial charge is 0.208 e. The van der Waals surface area contributed by atoms with Gasteiger partial charge in [-0.15, -0.1) is 10.2 Å². The Morgan fingerprint density at radius 2 is 1.88 bits per heavy atom. The fourth-order valence-electron chi connectivity index (χ4n) is 1.25. The van der Waals surface area contributed by atoms with Crippen LogP contribution in [0.5, 0.6) is 5.75 Å². The summed E-state index contributed by atoms with van der Waals surface area (Å²) in [5, 5.41) is 8.77. The number of hydrogen-bond acceptors (Lipinski definition) is 5. The molecule has 16 heavy (non-hydrogen) atoms. The molecule has 2 aromatic rings. The van der Waals surface area contributed by atoms with Gasteiger partial charge in [-0.1, -0.05) is 11.8 Å². The lowest BCUT2D eigenvalue weighted by Gasteiger charge is -2.02. The van der Waals surface area contributed by atoms with Gasteiger partial charge in [0.2, 0.25) is 5.16 Å². The minimum absolute atomic E-state index is 0.678. The van der Waals surface area contributed by atoms with Crippen LogP contribution in [0.25, 0.3) is 11.3 Å². The van der Waals surface area contributed by atoms with Crippen molar-refractivity contribution in [3.05, 3.63) is 30.5 Å². The number of methoxy groups -OCH3 is 1. The summed E-state index contributed by atoms with van der Waals surface area (Å²) in [4.78, 5) is 4.17. The Hall–Kier alpha value is -1.62. The van der Waals surface area contributed by atoms with Gasteiger partial charge in [0.15, 0.2) is 0 Å². The van der Waals surface area contributed by atoms with Gasteiger partial charge in [-0.2, -0.15) is 0 Å². The Bertz CT molecular complexity index is 410. The molecule has 1 aromatic heterocycles. The quantitative estimate of drug-likeness (QED) is 0.761. The molecule has 0 radical (unpaired) electrons. The SMILES string of the molecule is COc1ccc(-c2cnc(SC)nn2)cc1. The molecule has 82 valence electrons. The third kappa shape index (κ3) is 2.30. The van der Waals surface area contributed by atoms with Gasteiger partial charge >= 0.3 is 0 Å². The molecule has 0 aliphatic rings. The van der Waals surface area contributed by atoms with Crippen molar-refractivity contribution in [1.29, 1.82) is 0 Å². The van der Waals surface area contributed by atoms with Crippen LogP contribution in [0.3, 0.4) is 0 Å². The highest BCUT2D eigenvalue weighted by atomic mass is 32.2. The number of benzene rings is 1. The van der Waals surface area contributed by atoms with Gasteiger partial charge < -0.3 is 4.74 Å². The van der Waals surface area contributed by atoms with E-state index in [0.717, 1.165) is 17.0 Å². The summed E-state index contributed by atoms with van der Waals surface area (Å²) in [6, 6.07) is 7.64. The molecule has 0 amide bonds. The molecule has 0 fully saturated rings. The van der Waals surface area contributed by atoms with E-state index in [2.05, 4.69) is 15.2 Å². The average molecular weight is 233 g/mol. The van der Waals surface area contributed by atoms with E-state index in [0.29, 0.717) is 5.16 Å². The van der Waals surface area contributed by atoms with E-state index in [9.17, 15) is 0 Å². The van der Waals surface area contributed by atoms with Crippen molar-refractivity contribution in [3.63, 3.8) is 0 Å². The molecular formula is C11H11N3OS. The molecular weight excluding hydrogens is 222 g/mol. The highest BCUT2D eigenvalue weighted by Crippen LogP contribution is 2.19. The van der Waals surface area contributed by atoms with Crippen LogP contribution in [-0.4, -0.2) is 28.5 Å². The molecule has 0 atom stereocenters. The third-order valence-electron chi connectivity index (χ3n) is 2.11. The minimum Gasteiger partial charge on any atom is -0.497 e. The molecule has 1 heterocycles. The Labute approximate surface area is 98.1 Å². The van der Waals surface area contributed by atoms with Gasteiger partial charge in [-0.3, -0.25) is 0 Å². The van der Waals surface area contributed by atoms with Crippen LogP contribution in [-0.2, 0) is 0 Å². The Kier molecular flexibility index (Phi) is 3.36. The molecule has 0 saturated heterocycles. The van der Waals surface area contributed by atoms with E-state index in [1.165, 1.54) is 11.8 Å². The summed E-state index contributed by atoms with van der Waals surface area (Å²) in [5.41, 5.74) is 1.74. The number of ether oxygens (including phenoxy) is 1. The normalized spacial score (nSPS) is 10.1. The second-order valence-electron chi connectivity index (χ2n) is 3.06. The predicted molar refractivity (Wildman–Crippen MR) is 63.6 cm³/mol. The van der Waals surface area contributed by atoms with Crippen molar-refractivity contribution in [2.45, 2.75) is 5.16 Å². The van der Waals surface area contributed by atoms with E-state index in [1.54, 1.807) is 13.3 Å². The maximum absolute atomic E-state index is 5.09. The largest absolute Gasteiger partial charge is 0.497 e. The maximum Gasteiger partial charge on any atom is 0.208 e. The van der Waals surface area contributed by atoms with Crippen LogP contribution in [0.1, 0.15) is 0 Å². The van der Waals surface area contributed by atoms with Crippen LogP contribution >= 0.6 is 11.8 Å². The van der Waals surface area contributed by atoms with Gasteiger partial charge in [0.1, 0.15) is 11.4 Å². The molecule has 0 spiro atoms. The number of thioether (sulfide) groups is 1. The van der Waals surface area contributed by atoms with E-state index >= 15 is 0 Å². The molecule has 0 aliphatic carbocycles. The number of hydrogen-bond donors (Lipinski definition) is 0. The summed E-state index contributed by atoms with van der Waals surface area (Å²) < 4.78 is 5.09. The Morgan fingerprint density at radius 1 is 1.12 bits per heavy atom. The van der Waals surface area contributed by atoms with Crippen LogP contribution in [0, 0.1) is 0 Å². The third-order valence-corrected chi connectivity index (χ3v) is 2.66. The molecule has 1 aromatic carbocycles. The van der Waals surface area contributed by atoms with Crippen LogP contribution in [0.4, 0.5) is 0 Å². The Balaban J connectivity index is 2.28. The highest BCUT2D eigenvalue weighted by Gasteiger charge is 2.01. The predicted octanol–water partition coefficient (Wildman–Crippen LogP) is 2.27. The first-order chi connectivity index (χ1) is 7.83. The van der Waals surface area contributed by atoms with Gasteiger partial charge in [0.25, 0.3) is 0 Å². The number of nitrogens with zero attached hydrogens (tertiary/aromatic N) is 3. The molecule has 5 heteroatoms. The zero-order valence-electron chi connectivity index (χ0n) is 9.04. The first kappa shape index (κ1) is 10.9. The number of rotatable bonds is 3. The van der Waals surface area contributed by atoms with Crippen molar-refractivity contribution in [1.82, 2.24) is 15.2 Å².